The smallest absolute Gasteiger partial charge is 0.338 e. The van der Waals surface area contributed by atoms with Crippen LogP contribution in [0.1, 0.15) is 43.1 Å². The number of benzene rings is 1. The molecule has 18 heavy (non-hydrogen) atoms. The Labute approximate surface area is 108 Å². The summed E-state index contributed by atoms with van der Waals surface area (Å²) in [5.74, 6) is -1.01. The fourth-order valence-corrected chi connectivity index (χ4v) is 1.56. The van der Waals surface area contributed by atoms with Crippen LogP contribution in [0.2, 0.25) is 0 Å². The second kappa shape index (κ2) is 5.87. The van der Waals surface area contributed by atoms with Crippen LogP contribution in [0.5, 0.6) is 0 Å². The van der Waals surface area contributed by atoms with Gasteiger partial charge >= 0.3 is 5.97 Å². The van der Waals surface area contributed by atoms with Crippen LogP contribution < -0.4 is 5.73 Å². The Hall–Kier alpha value is -1.55. The second-order valence-electron chi connectivity index (χ2n) is 5.55. The molecule has 0 saturated carbocycles. The maximum absolute atomic E-state index is 11.1. The highest BCUT2D eigenvalue weighted by Gasteiger charge is 2.14. The number of aromatic carboxylic acids is 1. The minimum Gasteiger partial charge on any atom is -0.478 e. The predicted octanol–water partition coefficient (Wildman–Crippen LogP) is 2.92. The van der Waals surface area contributed by atoms with Crippen molar-refractivity contribution in [2.75, 3.05) is 12.3 Å². The number of carboxylic acid groups (broad SMARTS) is 1. The molecule has 0 atom stereocenters. The molecule has 1 aromatic carbocycles. The van der Waals surface area contributed by atoms with Crippen molar-refractivity contribution in [1.82, 2.24) is 0 Å². The maximum atomic E-state index is 11.1. The highest BCUT2D eigenvalue weighted by Crippen LogP contribution is 2.20. The molecule has 0 unspecified atom stereocenters. The molecule has 0 fully saturated rings. The SMILES string of the molecule is CC(C)(C)CCOCc1cccc(N)c1C(=O)O. The molecule has 0 aliphatic carbocycles. The van der Waals surface area contributed by atoms with E-state index in [0.717, 1.165) is 6.42 Å². The lowest BCUT2D eigenvalue weighted by Crippen LogP contribution is -2.11. The van der Waals surface area contributed by atoms with Gasteiger partial charge in [0.15, 0.2) is 0 Å². The van der Waals surface area contributed by atoms with E-state index in [1.54, 1.807) is 18.2 Å². The van der Waals surface area contributed by atoms with Gasteiger partial charge in [-0.1, -0.05) is 32.9 Å². The van der Waals surface area contributed by atoms with Crippen molar-refractivity contribution < 1.29 is 14.6 Å². The number of rotatable bonds is 5. The topological polar surface area (TPSA) is 72.5 Å². The molecule has 1 rings (SSSR count). The van der Waals surface area contributed by atoms with E-state index in [1.165, 1.54) is 0 Å². The van der Waals surface area contributed by atoms with E-state index in [4.69, 9.17) is 15.6 Å². The Balaban J connectivity index is 2.63. The molecule has 4 nitrogen and oxygen atoms in total. The van der Waals surface area contributed by atoms with Gasteiger partial charge in [0, 0.05) is 12.3 Å². The van der Waals surface area contributed by atoms with Crippen LogP contribution in [0.15, 0.2) is 18.2 Å². The molecule has 0 heterocycles. The van der Waals surface area contributed by atoms with Crippen LogP contribution in [0.3, 0.4) is 0 Å². The van der Waals surface area contributed by atoms with E-state index in [1.807, 2.05) is 0 Å². The Morgan fingerprint density at radius 1 is 1.39 bits per heavy atom. The minimum absolute atomic E-state index is 0.147. The summed E-state index contributed by atoms with van der Waals surface area (Å²) in [6.07, 6.45) is 0.928. The molecule has 0 aliphatic heterocycles. The minimum atomic E-state index is -1.01. The number of anilines is 1. The molecule has 100 valence electrons. The summed E-state index contributed by atoms with van der Waals surface area (Å²) in [5, 5.41) is 9.10. The molecule has 4 heteroatoms. The maximum Gasteiger partial charge on any atom is 0.338 e. The van der Waals surface area contributed by atoms with Crippen molar-refractivity contribution in [3.63, 3.8) is 0 Å². The van der Waals surface area contributed by atoms with Gasteiger partial charge in [-0.2, -0.15) is 0 Å². The van der Waals surface area contributed by atoms with Crippen molar-refractivity contribution in [3.8, 4) is 0 Å². The van der Waals surface area contributed by atoms with E-state index in [0.29, 0.717) is 12.2 Å². The van der Waals surface area contributed by atoms with Crippen LogP contribution in [0.4, 0.5) is 5.69 Å². The van der Waals surface area contributed by atoms with Crippen molar-refractivity contribution in [2.45, 2.75) is 33.8 Å². The zero-order chi connectivity index (χ0) is 13.8. The van der Waals surface area contributed by atoms with Gasteiger partial charge in [-0.05, 0) is 23.5 Å². The van der Waals surface area contributed by atoms with Crippen LogP contribution in [0.25, 0.3) is 0 Å². The zero-order valence-corrected chi connectivity index (χ0v) is 11.2. The predicted molar refractivity (Wildman–Crippen MR) is 71.5 cm³/mol. The number of nitrogens with two attached hydrogens (primary N) is 1. The van der Waals surface area contributed by atoms with E-state index < -0.39 is 5.97 Å². The van der Waals surface area contributed by atoms with Crippen molar-refractivity contribution in [2.24, 2.45) is 5.41 Å². The Bertz CT molecular complexity index is 422. The zero-order valence-electron chi connectivity index (χ0n) is 11.2. The largest absolute Gasteiger partial charge is 0.478 e. The van der Waals surface area contributed by atoms with Crippen molar-refractivity contribution >= 4 is 11.7 Å². The Kier molecular flexibility index (Phi) is 4.73. The molecular formula is C14H21NO3. The monoisotopic (exact) mass is 251 g/mol. The molecular weight excluding hydrogens is 230 g/mol. The second-order valence-corrected chi connectivity index (χ2v) is 5.55. The number of hydrogen-bond donors (Lipinski definition) is 2. The molecule has 0 aromatic heterocycles. The molecule has 3 N–H and O–H groups in total. The summed E-state index contributed by atoms with van der Waals surface area (Å²) in [6, 6.07) is 5.06. The van der Waals surface area contributed by atoms with E-state index in [9.17, 15) is 4.79 Å². The highest BCUT2D eigenvalue weighted by molar-refractivity contribution is 5.95. The number of nitrogen functional groups attached to an aromatic ring is 1. The van der Waals surface area contributed by atoms with E-state index >= 15 is 0 Å². The molecule has 0 amide bonds. The standard InChI is InChI=1S/C14H21NO3/c1-14(2,3)7-8-18-9-10-5-4-6-11(15)12(10)13(16)17/h4-6H,7-9,15H2,1-3H3,(H,16,17). The average molecular weight is 251 g/mol. The van der Waals surface area contributed by atoms with E-state index in [2.05, 4.69) is 20.8 Å². The van der Waals surface area contributed by atoms with E-state index in [-0.39, 0.29) is 23.3 Å². The van der Waals surface area contributed by atoms with Crippen molar-refractivity contribution in [1.29, 1.82) is 0 Å². The Morgan fingerprint density at radius 3 is 2.61 bits per heavy atom. The average Bonchev–Trinajstić information content (AvgIpc) is 2.22. The summed E-state index contributed by atoms with van der Waals surface area (Å²) >= 11 is 0. The Morgan fingerprint density at radius 2 is 2.06 bits per heavy atom. The molecule has 0 aliphatic rings. The normalized spacial score (nSPS) is 11.5. The highest BCUT2D eigenvalue weighted by atomic mass is 16.5. The van der Waals surface area contributed by atoms with Crippen LogP contribution >= 0.6 is 0 Å². The third-order valence-corrected chi connectivity index (χ3v) is 2.65. The summed E-state index contributed by atoms with van der Waals surface area (Å²) in [4.78, 5) is 11.1. The van der Waals surface area contributed by atoms with Crippen LogP contribution in [-0.4, -0.2) is 17.7 Å². The first kappa shape index (κ1) is 14.5. The summed E-state index contributed by atoms with van der Waals surface area (Å²) in [7, 11) is 0. The summed E-state index contributed by atoms with van der Waals surface area (Å²) in [6.45, 7) is 7.30. The fourth-order valence-electron chi connectivity index (χ4n) is 1.56. The van der Waals surface area contributed by atoms with Crippen LogP contribution in [0, 0.1) is 5.41 Å². The quantitative estimate of drug-likeness (QED) is 0.623. The van der Waals surface area contributed by atoms with Gasteiger partial charge in [0.25, 0.3) is 0 Å². The molecule has 0 bridgehead atoms. The van der Waals surface area contributed by atoms with Gasteiger partial charge in [0.1, 0.15) is 0 Å². The van der Waals surface area contributed by atoms with Gasteiger partial charge in [-0.3, -0.25) is 0 Å². The lowest BCUT2D eigenvalue weighted by molar-refractivity contribution is 0.0682. The third-order valence-electron chi connectivity index (χ3n) is 2.65. The lowest BCUT2D eigenvalue weighted by atomic mass is 9.93. The summed E-state index contributed by atoms with van der Waals surface area (Å²) < 4.78 is 5.52. The van der Waals surface area contributed by atoms with Gasteiger partial charge in [-0.15, -0.1) is 0 Å². The fraction of sp³-hybridized carbons (Fsp3) is 0.500. The first-order valence-electron chi connectivity index (χ1n) is 5.99. The number of hydrogen-bond acceptors (Lipinski definition) is 3. The molecule has 0 radical (unpaired) electrons. The molecule has 0 saturated heterocycles. The van der Waals surface area contributed by atoms with Gasteiger partial charge in [0.05, 0.1) is 12.2 Å². The third kappa shape index (κ3) is 4.37. The molecule has 1 aromatic rings. The van der Waals surface area contributed by atoms with Crippen molar-refractivity contribution in [3.05, 3.63) is 29.3 Å². The molecule has 0 spiro atoms. The summed E-state index contributed by atoms with van der Waals surface area (Å²) in [5.41, 5.74) is 6.92. The van der Waals surface area contributed by atoms with Gasteiger partial charge in [0.2, 0.25) is 0 Å². The first-order chi connectivity index (χ1) is 8.31. The first-order valence-corrected chi connectivity index (χ1v) is 5.99. The number of ether oxygens (including phenoxy) is 1. The van der Waals surface area contributed by atoms with Gasteiger partial charge < -0.3 is 15.6 Å². The lowest BCUT2D eigenvalue weighted by Gasteiger charge is -2.18. The number of carbonyl (C=O) groups is 1. The van der Waals surface area contributed by atoms with Crippen LogP contribution in [-0.2, 0) is 11.3 Å². The van der Waals surface area contributed by atoms with Gasteiger partial charge in [-0.25, -0.2) is 4.79 Å². The number of carboxylic acids is 1.